The summed E-state index contributed by atoms with van der Waals surface area (Å²) in [6, 6.07) is 7.09. The van der Waals surface area contributed by atoms with Gasteiger partial charge in [-0.1, -0.05) is 0 Å². The minimum absolute atomic E-state index is 0.0129. The van der Waals surface area contributed by atoms with Gasteiger partial charge in [0.25, 0.3) is 5.91 Å². The molecule has 1 unspecified atom stereocenters. The number of ether oxygens (including phenoxy) is 3. The van der Waals surface area contributed by atoms with Crippen molar-refractivity contribution >= 4 is 5.91 Å². The van der Waals surface area contributed by atoms with Gasteiger partial charge >= 0.3 is 0 Å². The molecule has 1 aliphatic heterocycles. The molecule has 1 aromatic carbocycles. The summed E-state index contributed by atoms with van der Waals surface area (Å²) < 4.78 is 15.3. The SMILES string of the molecule is COc1ccc(OCC(=O)NCC2CO2)cc1. The fraction of sp³-hybridized carbons (Fsp3) is 0.417. The van der Waals surface area contributed by atoms with Gasteiger partial charge in [0.1, 0.15) is 11.5 Å². The number of epoxide rings is 1. The van der Waals surface area contributed by atoms with Gasteiger partial charge in [-0.3, -0.25) is 4.79 Å². The maximum absolute atomic E-state index is 11.4. The summed E-state index contributed by atoms with van der Waals surface area (Å²) in [4.78, 5) is 11.4. The topological polar surface area (TPSA) is 60.1 Å². The fourth-order valence-electron chi connectivity index (χ4n) is 1.29. The lowest BCUT2D eigenvalue weighted by Gasteiger charge is -2.07. The van der Waals surface area contributed by atoms with Crippen molar-refractivity contribution in [2.45, 2.75) is 6.10 Å². The maximum Gasteiger partial charge on any atom is 0.258 e. The molecule has 1 aromatic rings. The molecule has 0 aliphatic carbocycles. The van der Waals surface area contributed by atoms with E-state index in [1.165, 1.54) is 0 Å². The van der Waals surface area contributed by atoms with Gasteiger partial charge < -0.3 is 19.5 Å². The van der Waals surface area contributed by atoms with Crippen LogP contribution >= 0.6 is 0 Å². The summed E-state index contributed by atoms with van der Waals surface area (Å²) in [5.74, 6) is 1.26. The van der Waals surface area contributed by atoms with E-state index in [4.69, 9.17) is 14.2 Å². The Morgan fingerprint density at radius 2 is 2.06 bits per heavy atom. The lowest BCUT2D eigenvalue weighted by Crippen LogP contribution is -2.31. The van der Waals surface area contributed by atoms with Crippen molar-refractivity contribution in [3.8, 4) is 11.5 Å². The molecule has 92 valence electrons. The third-order valence-electron chi connectivity index (χ3n) is 2.36. The second-order valence-corrected chi connectivity index (χ2v) is 3.72. The largest absolute Gasteiger partial charge is 0.497 e. The van der Waals surface area contributed by atoms with E-state index in [-0.39, 0.29) is 18.6 Å². The van der Waals surface area contributed by atoms with Gasteiger partial charge in [-0.25, -0.2) is 0 Å². The highest BCUT2D eigenvalue weighted by atomic mass is 16.6. The van der Waals surface area contributed by atoms with Gasteiger partial charge in [0, 0.05) is 6.54 Å². The standard InChI is InChI=1S/C12H15NO4/c1-15-9-2-4-10(5-3-9)17-8-12(14)13-6-11-7-16-11/h2-5,11H,6-8H2,1H3,(H,13,14). The number of rotatable bonds is 6. The van der Waals surface area contributed by atoms with Crippen molar-refractivity contribution in [2.75, 3.05) is 26.9 Å². The second-order valence-electron chi connectivity index (χ2n) is 3.72. The Bertz CT molecular complexity index is 373. The molecule has 1 fully saturated rings. The first-order valence-corrected chi connectivity index (χ1v) is 5.43. The van der Waals surface area contributed by atoms with Crippen molar-refractivity contribution in [1.82, 2.24) is 5.32 Å². The van der Waals surface area contributed by atoms with Crippen LogP contribution in [-0.4, -0.2) is 38.9 Å². The summed E-state index contributed by atoms with van der Waals surface area (Å²) >= 11 is 0. The molecule has 2 rings (SSSR count). The average Bonchev–Trinajstić information content (AvgIpc) is 3.18. The van der Waals surface area contributed by atoms with Crippen LogP contribution in [-0.2, 0) is 9.53 Å². The second kappa shape index (κ2) is 5.54. The van der Waals surface area contributed by atoms with Crippen molar-refractivity contribution in [2.24, 2.45) is 0 Å². The third kappa shape index (κ3) is 3.96. The van der Waals surface area contributed by atoms with Crippen LogP contribution in [0, 0.1) is 0 Å². The van der Waals surface area contributed by atoms with Crippen molar-refractivity contribution < 1.29 is 19.0 Å². The number of carbonyl (C=O) groups is 1. The molecule has 0 spiro atoms. The molecule has 1 aliphatic rings. The van der Waals surface area contributed by atoms with Crippen molar-refractivity contribution in [3.05, 3.63) is 24.3 Å². The van der Waals surface area contributed by atoms with Gasteiger partial charge in [-0.05, 0) is 24.3 Å². The molecule has 17 heavy (non-hydrogen) atoms. The lowest BCUT2D eigenvalue weighted by molar-refractivity contribution is -0.123. The first kappa shape index (κ1) is 11.7. The number of methoxy groups -OCH3 is 1. The number of hydrogen-bond donors (Lipinski definition) is 1. The molecule has 1 heterocycles. The van der Waals surface area contributed by atoms with Crippen LogP contribution in [0.5, 0.6) is 11.5 Å². The van der Waals surface area contributed by atoms with Crippen LogP contribution in [0.2, 0.25) is 0 Å². The fourth-order valence-corrected chi connectivity index (χ4v) is 1.29. The van der Waals surface area contributed by atoms with E-state index in [0.29, 0.717) is 12.3 Å². The molecular formula is C12H15NO4. The number of hydrogen-bond acceptors (Lipinski definition) is 4. The highest BCUT2D eigenvalue weighted by Gasteiger charge is 2.22. The molecule has 0 saturated carbocycles. The minimum Gasteiger partial charge on any atom is -0.497 e. The number of carbonyl (C=O) groups excluding carboxylic acids is 1. The summed E-state index contributed by atoms with van der Waals surface area (Å²) in [6.45, 7) is 1.31. The number of nitrogens with one attached hydrogen (secondary N) is 1. The summed E-state index contributed by atoms with van der Waals surface area (Å²) in [7, 11) is 1.60. The van der Waals surface area contributed by atoms with Gasteiger partial charge in [0.2, 0.25) is 0 Å². The van der Waals surface area contributed by atoms with Crippen LogP contribution in [0.1, 0.15) is 0 Å². The molecule has 5 heteroatoms. The van der Waals surface area contributed by atoms with Gasteiger partial charge in [0.05, 0.1) is 19.8 Å². The molecule has 0 bridgehead atoms. The van der Waals surface area contributed by atoms with Gasteiger partial charge in [-0.2, -0.15) is 0 Å². The van der Waals surface area contributed by atoms with E-state index in [1.54, 1.807) is 31.4 Å². The smallest absolute Gasteiger partial charge is 0.258 e. The molecule has 5 nitrogen and oxygen atoms in total. The van der Waals surface area contributed by atoms with Crippen LogP contribution < -0.4 is 14.8 Å². The minimum atomic E-state index is -0.142. The zero-order chi connectivity index (χ0) is 12.1. The Kier molecular flexibility index (Phi) is 3.82. The summed E-state index contributed by atoms with van der Waals surface area (Å²) in [5, 5.41) is 2.72. The Labute approximate surface area is 99.7 Å². The van der Waals surface area contributed by atoms with Crippen LogP contribution in [0.4, 0.5) is 0 Å². The lowest BCUT2D eigenvalue weighted by atomic mass is 10.3. The molecular weight excluding hydrogens is 222 g/mol. The highest BCUT2D eigenvalue weighted by molar-refractivity contribution is 5.77. The molecule has 0 radical (unpaired) electrons. The van der Waals surface area contributed by atoms with E-state index >= 15 is 0 Å². The van der Waals surface area contributed by atoms with E-state index in [1.807, 2.05) is 0 Å². The van der Waals surface area contributed by atoms with Crippen LogP contribution in [0.3, 0.4) is 0 Å². The predicted molar refractivity (Wildman–Crippen MR) is 61.2 cm³/mol. The van der Waals surface area contributed by atoms with E-state index in [2.05, 4.69) is 5.32 Å². The Hall–Kier alpha value is -1.75. The Morgan fingerprint density at radius 3 is 2.65 bits per heavy atom. The predicted octanol–water partition coefficient (Wildman–Crippen LogP) is 0.589. The van der Waals surface area contributed by atoms with Crippen molar-refractivity contribution in [3.63, 3.8) is 0 Å². The normalized spacial score (nSPS) is 17.4. The monoisotopic (exact) mass is 237 g/mol. The molecule has 1 N–H and O–H groups in total. The quantitative estimate of drug-likeness (QED) is 0.736. The Morgan fingerprint density at radius 1 is 1.41 bits per heavy atom. The first-order valence-electron chi connectivity index (χ1n) is 5.43. The molecule has 0 aromatic heterocycles. The summed E-state index contributed by atoms with van der Waals surface area (Å²) in [6.07, 6.45) is 0.194. The Balaban J connectivity index is 1.70. The molecule has 1 saturated heterocycles. The van der Waals surface area contributed by atoms with Crippen molar-refractivity contribution in [1.29, 1.82) is 0 Å². The van der Waals surface area contributed by atoms with Gasteiger partial charge in [-0.15, -0.1) is 0 Å². The van der Waals surface area contributed by atoms with E-state index in [9.17, 15) is 4.79 Å². The molecule has 1 atom stereocenters. The van der Waals surface area contributed by atoms with Crippen LogP contribution in [0.25, 0.3) is 0 Å². The average molecular weight is 237 g/mol. The van der Waals surface area contributed by atoms with Crippen LogP contribution in [0.15, 0.2) is 24.3 Å². The zero-order valence-corrected chi connectivity index (χ0v) is 9.64. The third-order valence-corrected chi connectivity index (χ3v) is 2.36. The highest BCUT2D eigenvalue weighted by Crippen LogP contribution is 2.16. The van der Waals surface area contributed by atoms with Gasteiger partial charge in [0.15, 0.2) is 6.61 Å². The van der Waals surface area contributed by atoms with E-state index < -0.39 is 0 Å². The first-order chi connectivity index (χ1) is 8.28. The number of benzene rings is 1. The van der Waals surface area contributed by atoms with E-state index in [0.717, 1.165) is 12.4 Å². The summed E-state index contributed by atoms with van der Waals surface area (Å²) in [5.41, 5.74) is 0. The zero-order valence-electron chi connectivity index (χ0n) is 9.64. The number of amides is 1. The maximum atomic E-state index is 11.4. The molecule has 1 amide bonds.